The van der Waals surface area contributed by atoms with E-state index in [4.69, 9.17) is 4.99 Å². The van der Waals surface area contributed by atoms with E-state index in [1.54, 1.807) is 4.90 Å². The summed E-state index contributed by atoms with van der Waals surface area (Å²) in [5, 5.41) is 3.10. The van der Waals surface area contributed by atoms with Crippen LogP contribution in [0, 0.1) is 13.8 Å². The summed E-state index contributed by atoms with van der Waals surface area (Å²) >= 11 is 1.37. The van der Waals surface area contributed by atoms with E-state index >= 15 is 0 Å². The molecule has 1 aliphatic rings. The Morgan fingerprint density at radius 2 is 1.86 bits per heavy atom. The van der Waals surface area contributed by atoms with Gasteiger partial charge < -0.3 is 5.32 Å². The topological polar surface area (TPSA) is 61.8 Å². The van der Waals surface area contributed by atoms with Gasteiger partial charge in [0.1, 0.15) is 5.25 Å². The molecule has 29 heavy (non-hydrogen) atoms. The van der Waals surface area contributed by atoms with Crippen LogP contribution in [0.3, 0.4) is 0 Å². The number of benzene rings is 2. The Balaban J connectivity index is 1.71. The number of anilines is 1. The Hall–Kier alpha value is -2.60. The molecule has 5 nitrogen and oxygen atoms in total. The molecule has 0 radical (unpaired) electrons. The minimum atomic E-state index is -0.450. The van der Waals surface area contributed by atoms with Crippen molar-refractivity contribution in [2.45, 2.75) is 45.8 Å². The molecule has 1 aliphatic heterocycles. The highest BCUT2D eigenvalue weighted by Gasteiger charge is 2.38. The van der Waals surface area contributed by atoms with Crippen LogP contribution < -0.4 is 5.32 Å². The fourth-order valence-electron chi connectivity index (χ4n) is 3.16. The zero-order valence-electron chi connectivity index (χ0n) is 17.4. The lowest BCUT2D eigenvalue weighted by Gasteiger charge is -2.14. The minimum Gasteiger partial charge on any atom is -0.326 e. The summed E-state index contributed by atoms with van der Waals surface area (Å²) in [6.07, 6.45) is 1.08. The number of nitrogens with zero attached hydrogens (tertiary/aromatic N) is 2. The normalized spacial score (nSPS) is 17.8. The maximum atomic E-state index is 12.8. The molecule has 1 heterocycles. The molecule has 0 aromatic heterocycles. The molecule has 3 rings (SSSR count). The summed E-state index contributed by atoms with van der Waals surface area (Å²) in [4.78, 5) is 31.7. The Kier molecular flexibility index (Phi) is 6.75. The highest BCUT2D eigenvalue weighted by atomic mass is 32.2. The number of thioether (sulfide) groups is 1. The van der Waals surface area contributed by atoms with E-state index in [1.807, 2.05) is 63.2 Å². The van der Waals surface area contributed by atoms with Crippen LogP contribution in [-0.4, -0.2) is 33.7 Å². The molecule has 2 aromatic rings. The quantitative estimate of drug-likeness (QED) is 0.742. The Morgan fingerprint density at radius 1 is 1.14 bits per heavy atom. The lowest BCUT2D eigenvalue weighted by atomic mass is 10.1. The number of rotatable bonds is 6. The molecule has 0 bridgehead atoms. The third-order valence-electron chi connectivity index (χ3n) is 4.93. The van der Waals surface area contributed by atoms with Gasteiger partial charge in [0.2, 0.25) is 11.8 Å². The SMILES string of the molecule is CCc1ccc(NC(=O)CC2SC(=Nc3cc(C)ccc3C)N(CC)C2=O)cc1. The molecule has 1 unspecified atom stereocenters. The van der Waals surface area contributed by atoms with E-state index in [0.29, 0.717) is 11.7 Å². The molecule has 6 heteroatoms. The molecule has 1 atom stereocenters. The van der Waals surface area contributed by atoms with Gasteiger partial charge in [-0.25, -0.2) is 4.99 Å². The molecule has 152 valence electrons. The third-order valence-corrected chi connectivity index (χ3v) is 6.11. The molecule has 0 spiro atoms. The van der Waals surface area contributed by atoms with Crippen molar-refractivity contribution in [3.8, 4) is 0 Å². The van der Waals surface area contributed by atoms with E-state index in [1.165, 1.54) is 17.3 Å². The van der Waals surface area contributed by atoms with E-state index in [0.717, 1.165) is 28.9 Å². The van der Waals surface area contributed by atoms with Crippen LogP contribution in [0.2, 0.25) is 0 Å². The van der Waals surface area contributed by atoms with Gasteiger partial charge in [0.25, 0.3) is 0 Å². The van der Waals surface area contributed by atoms with Crippen molar-refractivity contribution in [3.63, 3.8) is 0 Å². The molecule has 2 aromatic carbocycles. The largest absolute Gasteiger partial charge is 0.326 e. The number of amidine groups is 1. The zero-order valence-corrected chi connectivity index (χ0v) is 18.2. The highest BCUT2D eigenvalue weighted by molar-refractivity contribution is 8.15. The van der Waals surface area contributed by atoms with Crippen molar-refractivity contribution in [2.75, 3.05) is 11.9 Å². The van der Waals surface area contributed by atoms with Crippen LogP contribution in [0.15, 0.2) is 47.5 Å². The van der Waals surface area contributed by atoms with Crippen LogP contribution in [0.5, 0.6) is 0 Å². The predicted molar refractivity (Wildman–Crippen MR) is 121 cm³/mol. The first-order valence-corrected chi connectivity index (χ1v) is 10.8. The molecule has 1 saturated heterocycles. The summed E-state index contributed by atoms with van der Waals surface area (Å²) < 4.78 is 0. The first kappa shape index (κ1) is 21.1. The fourth-order valence-corrected chi connectivity index (χ4v) is 4.38. The molecule has 0 saturated carbocycles. The molecule has 1 fully saturated rings. The number of aliphatic imine (C=N–C) groups is 1. The van der Waals surface area contributed by atoms with Crippen molar-refractivity contribution in [1.29, 1.82) is 0 Å². The lowest BCUT2D eigenvalue weighted by molar-refractivity contribution is -0.128. The van der Waals surface area contributed by atoms with E-state index in [9.17, 15) is 9.59 Å². The smallest absolute Gasteiger partial charge is 0.242 e. The van der Waals surface area contributed by atoms with Gasteiger partial charge in [-0.3, -0.25) is 14.5 Å². The van der Waals surface area contributed by atoms with Crippen molar-refractivity contribution in [2.24, 2.45) is 4.99 Å². The van der Waals surface area contributed by atoms with Gasteiger partial charge in [-0.2, -0.15) is 0 Å². The van der Waals surface area contributed by atoms with Crippen molar-refractivity contribution >= 4 is 40.1 Å². The number of carbonyl (C=O) groups is 2. The zero-order chi connectivity index (χ0) is 21.0. The van der Waals surface area contributed by atoms with Gasteiger partial charge in [0.05, 0.1) is 5.69 Å². The van der Waals surface area contributed by atoms with Gasteiger partial charge in [0, 0.05) is 18.7 Å². The van der Waals surface area contributed by atoms with Gasteiger partial charge in [-0.15, -0.1) is 0 Å². The van der Waals surface area contributed by atoms with Crippen LogP contribution in [0.4, 0.5) is 11.4 Å². The number of carbonyl (C=O) groups excluding carboxylic acids is 2. The van der Waals surface area contributed by atoms with E-state index in [2.05, 4.69) is 12.2 Å². The molecule has 0 aliphatic carbocycles. The third kappa shape index (κ3) is 5.07. The second-order valence-electron chi connectivity index (χ2n) is 7.18. The second kappa shape index (κ2) is 9.27. The Labute approximate surface area is 176 Å². The van der Waals surface area contributed by atoms with Gasteiger partial charge in [-0.1, -0.05) is 43.0 Å². The summed E-state index contributed by atoms with van der Waals surface area (Å²) in [6.45, 7) is 8.58. The highest BCUT2D eigenvalue weighted by Crippen LogP contribution is 2.32. The van der Waals surface area contributed by atoms with Crippen LogP contribution in [-0.2, 0) is 16.0 Å². The van der Waals surface area contributed by atoms with E-state index < -0.39 is 5.25 Å². The van der Waals surface area contributed by atoms with Crippen molar-refractivity contribution in [1.82, 2.24) is 4.90 Å². The fraction of sp³-hybridized carbons (Fsp3) is 0.348. The predicted octanol–water partition coefficient (Wildman–Crippen LogP) is 4.85. The molecule has 1 N–H and O–H groups in total. The summed E-state index contributed by atoms with van der Waals surface area (Å²) in [7, 11) is 0. The Bertz CT molecular complexity index is 938. The van der Waals surface area contributed by atoms with Crippen molar-refractivity contribution in [3.05, 3.63) is 59.2 Å². The van der Waals surface area contributed by atoms with Crippen LogP contribution in [0.1, 0.15) is 37.0 Å². The standard InChI is InChI=1S/C23H27N3O2S/c1-5-17-9-11-18(12-10-17)24-21(27)14-20-22(28)26(6-2)23(29-20)25-19-13-15(3)7-8-16(19)4/h7-13,20H,5-6,14H2,1-4H3,(H,24,27). The van der Waals surface area contributed by atoms with Crippen molar-refractivity contribution < 1.29 is 9.59 Å². The molecule has 2 amide bonds. The van der Waals surface area contributed by atoms with Gasteiger partial charge in [0.15, 0.2) is 5.17 Å². The minimum absolute atomic E-state index is 0.0574. The number of nitrogens with one attached hydrogen (secondary N) is 1. The number of hydrogen-bond donors (Lipinski definition) is 1. The van der Waals surface area contributed by atoms with Crippen LogP contribution in [0.25, 0.3) is 0 Å². The molecular formula is C23H27N3O2S. The Morgan fingerprint density at radius 3 is 2.52 bits per heavy atom. The molecular weight excluding hydrogens is 382 g/mol. The van der Waals surface area contributed by atoms with Crippen LogP contribution >= 0.6 is 11.8 Å². The number of amides is 2. The van der Waals surface area contributed by atoms with E-state index in [-0.39, 0.29) is 18.2 Å². The first-order chi connectivity index (χ1) is 13.9. The number of hydrogen-bond acceptors (Lipinski definition) is 4. The van der Waals surface area contributed by atoms with Gasteiger partial charge in [-0.05, 0) is 62.1 Å². The van der Waals surface area contributed by atoms with Gasteiger partial charge >= 0.3 is 0 Å². The summed E-state index contributed by atoms with van der Waals surface area (Å²) in [5.41, 5.74) is 5.01. The average molecular weight is 410 g/mol. The monoisotopic (exact) mass is 409 g/mol. The maximum Gasteiger partial charge on any atom is 0.242 e. The summed E-state index contributed by atoms with van der Waals surface area (Å²) in [5.74, 6) is -0.220. The first-order valence-electron chi connectivity index (χ1n) is 9.94. The summed E-state index contributed by atoms with van der Waals surface area (Å²) in [6, 6.07) is 13.9. The number of aryl methyl sites for hydroxylation is 3. The second-order valence-corrected chi connectivity index (χ2v) is 8.35. The average Bonchev–Trinajstić information content (AvgIpc) is 2.99. The maximum absolute atomic E-state index is 12.8. The lowest BCUT2D eigenvalue weighted by Crippen LogP contribution is -2.33.